The first-order valence-electron chi connectivity index (χ1n) is 13.3. The highest BCUT2D eigenvalue weighted by atomic mass is 16.6. The molecule has 1 aliphatic heterocycles. The fourth-order valence-electron chi connectivity index (χ4n) is 4.48. The van der Waals surface area contributed by atoms with Crippen molar-refractivity contribution in [2.24, 2.45) is 11.8 Å². The van der Waals surface area contributed by atoms with Crippen LogP contribution in [-0.4, -0.2) is 79.4 Å². The van der Waals surface area contributed by atoms with E-state index < -0.39 is 47.6 Å². The number of methoxy groups -OCH3 is 1. The number of esters is 1. The standard InChI is InChI=1S/C28H47N3O7/c1-9-11-12-13-14-21(26(34)36-8)29-24(32)23-20(19(3)4)15-16-31(23)25(33)22(18-37-17-10-2)30-27(35)38-28(5,6)7/h9-10,19-23H,1-2,11-18H2,3-8H3,(H,29,32)(H,30,35)/t20-,21+,22+,23+/m1/s1. The highest BCUT2D eigenvalue weighted by Gasteiger charge is 2.45. The SMILES string of the molecule is C=CCCCC[C@H](NC(=O)[C@@H]1[C@@H](C(C)C)CCN1C(=O)[C@H](COCC=C)NC(=O)OC(C)(C)C)C(=O)OC. The van der Waals surface area contributed by atoms with Crippen molar-refractivity contribution in [2.75, 3.05) is 26.9 Å². The Kier molecular flexibility index (Phi) is 14.1. The summed E-state index contributed by atoms with van der Waals surface area (Å²) in [4.78, 5) is 53.7. The maximum atomic E-state index is 13.7. The Balaban J connectivity index is 3.16. The van der Waals surface area contributed by atoms with E-state index in [9.17, 15) is 19.2 Å². The van der Waals surface area contributed by atoms with Crippen molar-refractivity contribution in [3.63, 3.8) is 0 Å². The maximum Gasteiger partial charge on any atom is 0.408 e. The lowest BCUT2D eigenvalue weighted by molar-refractivity contribution is -0.147. The Bertz CT molecular complexity index is 822. The van der Waals surface area contributed by atoms with E-state index in [1.165, 1.54) is 18.1 Å². The van der Waals surface area contributed by atoms with Crippen molar-refractivity contribution in [1.82, 2.24) is 15.5 Å². The molecule has 4 atom stereocenters. The molecule has 0 aromatic rings. The number of ether oxygens (including phenoxy) is 3. The molecule has 1 rings (SSSR count). The van der Waals surface area contributed by atoms with Crippen LogP contribution in [0.1, 0.15) is 66.7 Å². The molecule has 216 valence electrons. The Hall–Kier alpha value is -2.88. The van der Waals surface area contributed by atoms with Crippen LogP contribution in [0.3, 0.4) is 0 Å². The van der Waals surface area contributed by atoms with Gasteiger partial charge >= 0.3 is 12.1 Å². The molecule has 2 N–H and O–H groups in total. The van der Waals surface area contributed by atoms with Crippen LogP contribution in [0.15, 0.2) is 25.3 Å². The Morgan fingerprint density at radius 3 is 2.29 bits per heavy atom. The minimum Gasteiger partial charge on any atom is -0.467 e. The van der Waals surface area contributed by atoms with E-state index >= 15 is 0 Å². The van der Waals surface area contributed by atoms with Gasteiger partial charge in [0.15, 0.2) is 0 Å². The molecule has 3 amide bonds. The number of nitrogens with zero attached hydrogens (tertiary/aromatic N) is 1. The third-order valence-electron chi connectivity index (χ3n) is 6.32. The molecule has 38 heavy (non-hydrogen) atoms. The lowest BCUT2D eigenvalue weighted by Crippen LogP contribution is -2.58. The highest BCUT2D eigenvalue weighted by molar-refractivity contribution is 5.94. The van der Waals surface area contributed by atoms with Crippen LogP contribution in [0.4, 0.5) is 4.79 Å². The van der Waals surface area contributed by atoms with Crippen LogP contribution >= 0.6 is 0 Å². The van der Waals surface area contributed by atoms with Crippen molar-refractivity contribution >= 4 is 23.9 Å². The molecule has 10 nitrogen and oxygen atoms in total. The van der Waals surface area contributed by atoms with Gasteiger partial charge in [0.2, 0.25) is 11.8 Å². The summed E-state index contributed by atoms with van der Waals surface area (Å²) in [6.45, 7) is 16.9. The fourth-order valence-corrected chi connectivity index (χ4v) is 4.48. The molecule has 1 heterocycles. The minimum absolute atomic E-state index is 0.0991. The van der Waals surface area contributed by atoms with Crippen LogP contribution in [0.2, 0.25) is 0 Å². The normalized spacial score (nSPS) is 18.9. The summed E-state index contributed by atoms with van der Waals surface area (Å²) >= 11 is 0. The summed E-state index contributed by atoms with van der Waals surface area (Å²) in [6, 6.07) is -2.71. The van der Waals surface area contributed by atoms with E-state index in [4.69, 9.17) is 14.2 Å². The molecule has 0 aromatic heterocycles. The van der Waals surface area contributed by atoms with Crippen molar-refractivity contribution in [3.8, 4) is 0 Å². The average Bonchev–Trinajstić information content (AvgIpc) is 3.29. The number of hydrogen-bond acceptors (Lipinski definition) is 7. The summed E-state index contributed by atoms with van der Waals surface area (Å²) in [5, 5.41) is 5.42. The molecule has 0 spiro atoms. The predicted molar refractivity (Wildman–Crippen MR) is 145 cm³/mol. The number of likely N-dealkylation sites (tertiary alicyclic amines) is 1. The zero-order valence-electron chi connectivity index (χ0n) is 23.9. The second-order valence-corrected chi connectivity index (χ2v) is 10.9. The monoisotopic (exact) mass is 537 g/mol. The number of rotatable bonds is 15. The van der Waals surface area contributed by atoms with Crippen LogP contribution in [0, 0.1) is 11.8 Å². The van der Waals surface area contributed by atoms with Gasteiger partial charge in [-0.2, -0.15) is 0 Å². The van der Waals surface area contributed by atoms with E-state index in [-0.39, 0.29) is 25.0 Å². The van der Waals surface area contributed by atoms with Crippen molar-refractivity contribution in [1.29, 1.82) is 0 Å². The number of amides is 3. The van der Waals surface area contributed by atoms with Crippen LogP contribution < -0.4 is 10.6 Å². The molecule has 0 unspecified atom stereocenters. The number of allylic oxidation sites excluding steroid dienone is 1. The van der Waals surface area contributed by atoms with Gasteiger partial charge in [0.25, 0.3) is 0 Å². The topological polar surface area (TPSA) is 123 Å². The zero-order chi connectivity index (χ0) is 28.9. The molecule has 0 aliphatic carbocycles. The van der Waals surface area contributed by atoms with Gasteiger partial charge in [0.05, 0.1) is 20.3 Å². The first-order chi connectivity index (χ1) is 17.9. The average molecular weight is 538 g/mol. The number of carbonyl (C=O) groups is 4. The zero-order valence-corrected chi connectivity index (χ0v) is 23.9. The fraction of sp³-hybridized carbons (Fsp3) is 0.714. The lowest BCUT2D eigenvalue weighted by atomic mass is 9.88. The molecule has 0 bridgehead atoms. The number of alkyl carbamates (subject to hydrolysis) is 1. The van der Waals surface area contributed by atoms with Crippen LogP contribution in [0.25, 0.3) is 0 Å². The third-order valence-corrected chi connectivity index (χ3v) is 6.32. The Morgan fingerprint density at radius 2 is 1.74 bits per heavy atom. The van der Waals surface area contributed by atoms with Gasteiger partial charge in [0.1, 0.15) is 23.7 Å². The number of carbonyl (C=O) groups excluding carboxylic acids is 4. The van der Waals surface area contributed by atoms with Gasteiger partial charge in [-0.1, -0.05) is 32.4 Å². The predicted octanol–water partition coefficient (Wildman–Crippen LogP) is 3.36. The number of hydrogen-bond donors (Lipinski definition) is 2. The van der Waals surface area contributed by atoms with Gasteiger partial charge in [-0.15, -0.1) is 13.2 Å². The molecule has 10 heteroatoms. The molecule has 0 radical (unpaired) electrons. The summed E-state index contributed by atoms with van der Waals surface area (Å²) in [7, 11) is 1.28. The van der Waals surface area contributed by atoms with E-state index in [1.807, 2.05) is 19.9 Å². The smallest absolute Gasteiger partial charge is 0.408 e. The maximum absolute atomic E-state index is 13.7. The summed E-state index contributed by atoms with van der Waals surface area (Å²) in [6.07, 6.45) is 5.95. The summed E-state index contributed by atoms with van der Waals surface area (Å²) in [5.41, 5.74) is -0.757. The molecular weight excluding hydrogens is 490 g/mol. The van der Waals surface area contributed by atoms with Gasteiger partial charge in [-0.25, -0.2) is 9.59 Å². The second-order valence-electron chi connectivity index (χ2n) is 10.9. The Labute approximate surface area is 227 Å². The van der Waals surface area contributed by atoms with Gasteiger partial charge < -0.3 is 29.7 Å². The second kappa shape index (κ2) is 16.2. The lowest BCUT2D eigenvalue weighted by Gasteiger charge is -2.33. The summed E-state index contributed by atoms with van der Waals surface area (Å²) in [5.74, 6) is -1.44. The highest BCUT2D eigenvalue weighted by Crippen LogP contribution is 2.31. The molecule has 1 fully saturated rings. The first-order valence-corrected chi connectivity index (χ1v) is 13.3. The molecule has 0 aromatic carbocycles. The largest absolute Gasteiger partial charge is 0.467 e. The van der Waals surface area contributed by atoms with Crippen LogP contribution in [0.5, 0.6) is 0 Å². The van der Waals surface area contributed by atoms with Gasteiger partial charge in [0, 0.05) is 6.54 Å². The van der Waals surface area contributed by atoms with Crippen molar-refractivity contribution in [2.45, 2.75) is 90.4 Å². The number of unbranched alkanes of at least 4 members (excludes halogenated alkanes) is 2. The Morgan fingerprint density at radius 1 is 1.05 bits per heavy atom. The molecule has 0 saturated carbocycles. The van der Waals surface area contributed by atoms with Crippen molar-refractivity contribution < 1.29 is 33.4 Å². The van der Waals surface area contributed by atoms with E-state index in [1.54, 1.807) is 20.8 Å². The van der Waals surface area contributed by atoms with Crippen LogP contribution in [-0.2, 0) is 28.6 Å². The van der Waals surface area contributed by atoms with E-state index in [0.29, 0.717) is 25.8 Å². The molecule has 1 aliphatic rings. The van der Waals surface area contributed by atoms with Gasteiger partial charge in [-0.05, 0) is 58.3 Å². The van der Waals surface area contributed by atoms with Gasteiger partial charge in [-0.3, -0.25) is 9.59 Å². The van der Waals surface area contributed by atoms with E-state index in [2.05, 4.69) is 23.8 Å². The van der Waals surface area contributed by atoms with Crippen molar-refractivity contribution in [3.05, 3.63) is 25.3 Å². The summed E-state index contributed by atoms with van der Waals surface area (Å²) < 4.78 is 15.7. The minimum atomic E-state index is -1.07. The molecule has 1 saturated heterocycles. The molecular formula is C28H47N3O7. The quantitative estimate of drug-likeness (QED) is 0.187. The first kappa shape index (κ1) is 33.1. The number of nitrogens with one attached hydrogen (secondary N) is 2. The third kappa shape index (κ3) is 10.8. The van der Waals surface area contributed by atoms with E-state index in [0.717, 1.165) is 12.8 Å².